The van der Waals surface area contributed by atoms with Crippen LogP contribution in [0.4, 0.5) is 4.79 Å². The molecule has 0 spiro atoms. The van der Waals surface area contributed by atoms with Gasteiger partial charge in [0.1, 0.15) is 0 Å². The third-order valence-electron chi connectivity index (χ3n) is 4.11. The van der Waals surface area contributed by atoms with Crippen molar-refractivity contribution in [1.29, 1.82) is 0 Å². The summed E-state index contributed by atoms with van der Waals surface area (Å²) in [6.45, 7) is 5.71. The van der Waals surface area contributed by atoms with Gasteiger partial charge in [-0.05, 0) is 39.2 Å². The molecule has 1 heterocycles. The molecule has 0 aliphatic carbocycles. The molecule has 0 bridgehead atoms. The number of amides is 1. The Hall–Kier alpha value is -1.55. The highest BCUT2D eigenvalue weighted by molar-refractivity contribution is 5.72. The number of aryl methyl sites for hydroxylation is 1. The van der Waals surface area contributed by atoms with Crippen LogP contribution in [0.3, 0.4) is 0 Å². The second-order valence-electron chi connectivity index (χ2n) is 5.35. The molecule has 19 heavy (non-hydrogen) atoms. The SMILES string of the molecule is CCN1C(=O)OC(C)(CCc2ccccc2)C1(C)O. The molecule has 0 saturated carbocycles. The van der Waals surface area contributed by atoms with Crippen LogP contribution in [0.1, 0.15) is 32.8 Å². The van der Waals surface area contributed by atoms with Crippen LogP contribution in [0.15, 0.2) is 30.3 Å². The topological polar surface area (TPSA) is 49.8 Å². The Labute approximate surface area is 114 Å². The number of cyclic esters (lactones) is 1. The second kappa shape index (κ2) is 4.85. The Bertz CT molecular complexity index is 458. The van der Waals surface area contributed by atoms with Crippen LogP contribution in [0.5, 0.6) is 0 Å². The summed E-state index contributed by atoms with van der Waals surface area (Å²) in [5.41, 5.74) is -0.977. The molecule has 4 nitrogen and oxygen atoms in total. The van der Waals surface area contributed by atoms with E-state index in [0.717, 1.165) is 6.42 Å². The van der Waals surface area contributed by atoms with Crippen molar-refractivity contribution < 1.29 is 14.6 Å². The lowest BCUT2D eigenvalue weighted by Gasteiger charge is -2.37. The maximum atomic E-state index is 11.8. The van der Waals surface area contributed by atoms with Gasteiger partial charge in [-0.2, -0.15) is 0 Å². The minimum atomic E-state index is -1.27. The number of carbonyl (C=O) groups is 1. The summed E-state index contributed by atoms with van der Waals surface area (Å²) in [4.78, 5) is 13.2. The van der Waals surface area contributed by atoms with Gasteiger partial charge in [-0.3, -0.25) is 4.90 Å². The number of aliphatic hydroxyl groups is 1. The van der Waals surface area contributed by atoms with Crippen LogP contribution in [-0.4, -0.2) is 34.0 Å². The number of likely N-dealkylation sites (N-methyl/N-ethyl adjacent to an activating group) is 1. The molecular weight excluding hydrogens is 242 g/mol. The zero-order valence-corrected chi connectivity index (χ0v) is 11.7. The monoisotopic (exact) mass is 263 g/mol. The average Bonchev–Trinajstić information content (AvgIpc) is 2.54. The van der Waals surface area contributed by atoms with Gasteiger partial charge >= 0.3 is 6.09 Å². The largest absolute Gasteiger partial charge is 0.438 e. The molecule has 1 aromatic carbocycles. The molecule has 1 fully saturated rings. The first-order chi connectivity index (χ1) is 8.90. The normalized spacial score (nSPS) is 30.5. The maximum absolute atomic E-state index is 11.8. The van der Waals surface area contributed by atoms with Crippen LogP contribution in [-0.2, 0) is 11.2 Å². The Morgan fingerprint density at radius 3 is 2.42 bits per heavy atom. The molecular formula is C15H21NO3. The van der Waals surface area contributed by atoms with E-state index < -0.39 is 17.4 Å². The van der Waals surface area contributed by atoms with Crippen LogP contribution >= 0.6 is 0 Å². The molecule has 1 aromatic rings. The number of ether oxygens (including phenoxy) is 1. The van der Waals surface area contributed by atoms with Gasteiger partial charge in [-0.25, -0.2) is 4.79 Å². The molecule has 4 heteroatoms. The van der Waals surface area contributed by atoms with Crippen LogP contribution in [0.25, 0.3) is 0 Å². The Morgan fingerprint density at radius 1 is 1.26 bits per heavy atom. The third-order valence-corrected chi connectivity index (χ3v) is 4.11. The Morgan fingerprint density at radius 2 is 1.89 bits per heavy atom. The highest BCUT2D eigenvalue weighted by Crippen LogP contribution is 2.40. The summed E-state index contributed by atoms with van der Waals surface area (Å²) in [6, 6.07) is 10.00. The van der Waals surface area contributed by atoms with E-state index in [9.17, 15) is 9.90 Å². The first kappa shape index (κ1) is 13.9. The predicted molar refractivity (Wildman–Crippen MR) is 72.7 cm³/mol. The van der Waals surface area contributed by atoms with E-state index in [1.165, 1.54) is 10.5 Å². The van der Waals surface area contributed by atoms with E-state index in [1.54, 1.807) is 13.8 Å². The quantitative estimate of drug-likeness (QED) is 0.908. The summed E-state index contributed by atoms with van der Waals surface area (Å²) in [5, 5.41) is 10.6. The van der Waals surface area contributed by atoms with Crippen LogP contribution in [0.2, 0.25) is 0 Å². The molecule has 1 N–H and O–H groups in total. The highest BCUT2D eigenvalue weighted by Gasteiger charge is 2.58. The first-order valence-corrected chi connectivity index (χ1v) is 6.67. The molecule has 2 unspecified atom stereocenters. The number of rotatable bonds is 4. The van der Waals surface area contributed by atoms with Crippen molar-refractivity contribution in [2.75, 3.05) is 6.54 Å². The molecule has 0 radical (unpaired) electrons. The molecule has 2 atom stereocenters. The fourth-order valence-electron chi connectivity index (χ4n) is 2.56. The minimum Gasteiger partial charge on any atom is -0.438 e. The van der Waals surface area contributed by atoms with Crippen LogP contribution < -0.4 is 0 Å². The summed E-state index contributed by atoms with van der Waals surface area (Å²) in [6.07, 6.45) is 0.910. The zero-order chi connectivity index (χ0) is 14.1. The van der Waals surface area contributed by atoms with Gasteiger partial charge in [0.25, 0.3) is 0 Å². The molecule has 1 aliphatic heterocycles. The second-order valence-corrected chi connectivity index (χ2v) is 5.35. The summed E-state index contributed by atoms with van der Waals surface area (Å²) in [5.74, 6) is 0. The van der Waals surface area contributed by atoms with Gasteiger partial charge in [-0.15, -0.1) is 0 Å². The molecule has 2 rings (SSSR count). The molecule has 104 valence electrons. The van der Waals surface area contributed by atoms with Gasteiger partial charge in [0.2, 0.25) is 0 Å². The minimum absolute atomic E-state index is 0.437. The van der Waals surface area contributed by atoms with E-state index in [4.69, 9.17) is 4.74 Å². The predicted octanol–water partition coefficient (Wildman–Crippen LogP) is 2.56. The van der Waals surface area contributed by atoms with E-state index in [1.807, 2.05) is 37.3 Å². The fraction of sp³-hybridized carbons (Fsp3) is 0.533. The summed E-state index contributed by atoms with van der Waals surface area (Å²) < 4.78 is 5.43. The summed E-state index contributed by atoms with van der Waals surface area (Å²) >= 11 is 0. The number of nitrogens with zero attached hydrogens (tertiary/aromatic N) is 1. The van der Waals surface area contributed by atoms with Crippen molar-refractivity contribution in [1.82, 2.24) is 4.90 Å². The standard InChI is InChI=1S/C15H21NO3/c1-4-16-13(17)19-14(2,15(16,3)18)11-10-12-8-6-5-7-9-12/h5-9,18H,4,10-11H2,1-3H3. The van der Waals surface area contributed by atoms with Crippen molar-refractivity contribution in [2.45, 2.75) is 44.9 Å². The van der Waals surface area contributed by atoms with Crippen molar-refractivity contribution in [2.24, 2.45) is 0 Å². The fourth-order valence-corrected chi connectivity index (χ4v) is 2.56. The smallest absolute Gasteiger partial charge is 0.412 e. The van der Waals surface area contributed by atoms with Gasteiger partial charge in [0.15, 0.2) is 11.3 Å². The number of benzene rings is 1. The zero-order valence-electron chi connectivity index (χ0n) is 11.7. The summed E-state index contributed by atoms with van der Waals surface area (Å²) in [7, 11) is 0. The van der Waals surface area contributed by atoms with Gasteiger partial charge in [0.05, 0.1) is 0 Å². The van der Waals surface area contributed by atoms with E-state index >= 15 is 0 Å². The van der Waals surface area contributed by atoms with Crippen molar-refractivity contribution >= 4 is 6.09 Å². The number of carbonyl (C=O) groups excluding carboxylic acids is 1. The highest BCUT2D eigenvalue weighted by atomic mass is 16.6. The van der Waals surface area contributed by atoms with E-state index in [0.29, 0.717) is 13.0 Å². The van der Waals surface area contributed by atoms with Crippen molar-refractivity contribution in [3.05, 3.63) is 35.9 Å². The maximum Gasteiger partial charge on any atom is 0.412 e. The lowest BCUT2D eigenvalue weighted by molar-refractivity contribution is -0.138. The molecule has 0 aromatic heterocycles. The van der Waals surface area contributed by atoms with E-state index in [-0.39, 0.29) is 0 Å². The number of hydrogen-bond donors (Lipinski definition) is 1. The Kier molecular flexibility index (Phi) is 3.54. The Balaban J connectivity index is 2.13. The lowest BCUT2D eigenvalue weighted by atomic mass is 9.87. The average molecular weight is 263 g/mol. The van der Waals surface area contributed by atoms with Gasteiger partial charge in [0, 0.05) is 6.54 Å². The lowest BCUT2D eigenvalue weighted by Crippen LogP contribution is -2.55. The molecule has 1 amide bonds. The van der Waals surface area contributed by atoms with Gasteiger partial charge < -0.3 is 9.84 Å². The molecule has 1 saturated heterocycles. The van der Waals surface area contributed by atoms with Gasteiger partial charge in [-0.1, -0.05) is 30.3 Å². The van der Waals surface area contributed by atoms with Crippen LogP contribution in [0, 0.1) is 0 Å². The van der Waals surface area contributed by atoms with Crippen molar-refractivity contribution in [3.8, 4) is 0 Å². The van der Waals surface area contributed by atoms with Crippen molar-refractivity contribution in [3.63, 3.8) is 0 Å². The molecule has 1 aliphatic rings. The number of hydrogen-bond acceptors (Lipinski definition) is 3. The first-order valence-electron chi connectivity index (χ1n) is 6.67. The third kappa shape index (κ3) is 2.32. The van der Waals surface area contributed by atoms with E-state index in [2.05, 4.69) is 0 Å².